The van der Waals surface area contributed by atoms with E-state index in [4.69, 9.17) is 0 Å². The lowest BCUT2D eigenvalue weighted by molar-refractivity contribution is -0.134. The second-order valence-electron chi connectivity index (χ2n) is 7.82. The summed E-state index contributed by atoms with van der Waals surface area (Å²) in [5.74, 6) is -1.51. The topological polar surface area (TPSA) is 71.4 Å². The average molecular weight is 346 g/mol. The highest BCUT2D eigenvalue weighted by molar-refractivity contribution is 6.27. The van der Waals surface area contributed by atoms with E-state index in [1.165, 1.54) is 0 Å². The number of ketones is 3. The van der Waals surface area contributed by atoms with E-state index in [9.17, 15) is 19.5 Å². The summed E-state index contributed by atoms with van der Waals surface area (Å²) in [6.45, 7) is 11.4. The normalized spacial score (nSPS) is 16.9. The van der Waals surface area contributed by atoms with Crippen LogP contribution in [0.25, 0.3) is 0 Å². The van der Waals surface area contributed by atoms with Gasteiger partial charge in [0.25, 0.3) is 0 Å². The third kappa shape index (κ3) is 5.00. The van der Waals surface area contributed by atoms with Crippen molar-refractivity contribution in [1.29, 1.82) is 0 Å². The second kappa shape index (κ2) is 8.41. The largest absolute Gasteiger partial charge is 0.510 e. The molecule has 1 aliphatic carbocycles. The maximum Gasteiger partial charge on any atom is 0.177 e. The molecule has 0 heterocycles. The van der Waals surface area contributed by atoms with E-state index in [-0.39, 0.29) is 54.5 Å². The molecule has 0 bridgehead atoms. The molecule has 138 valence electrons. The predicted molar refractivity (Wildman–Crippen MR) is 99.3 cm³/mol. The van der Waals surface area contributed by atoms with Crippen molar-refractivity contribution in [3.8, 4) is 0 Å². The zero-order valence-electron chi connectivity index (χ0n) is 16.2. The number of hydrogen-bond acceptors (Lipinski definition) is 4. The fourth-order valence-electron chi connectivity index (χ4n) is 2.93. The molecule has 0 aromatic carbocycles. The van der Waals surface area contributed by atoms with Gasteiger partial charge in [-0.3, -0.25) is 14.4 Å². The van der Waals surface area contributed by atoms with Gasteiger partial charge in [0.2, 0.25) is 0 Å². The van der Waals surface area contributed by atoms with Crippen molar-refractivity contribution in [1.82, 2.24) is 0 Å². The molecule has 4 heteroatoms. The Morgan fingerprint density at radius 3 is 1.96 bits per heavy atom. The van der Waals surface area contributed by atoms with Crippen LogP contribution in [0, 0.1) is 11.3 Å². The molecule has 0 spiro atoms. The van der Waals surface area contributed by atoms with Crippen molar-refractivity contribution < 1.29 is 19.5 Å². The summed E-state index contributed by atoms with van der Waals surface area (Å²) in [5, 5.41) is 10.9. The molecule has 0 amide bonds. The van der Waals surface area contributed by atoms with Crippen LogP contribution >= 0.6 is 0 Å². The standard InChI is InChI=1S/C21H30O4/c1-13(2)7-9-21(10-8-14(3)4)18(24)12-17(23)19(20(21)25)16(22)11-15(5)6/h7-8,15,25H,9-12H2,1-6H3. The Labute approximate surface area is 150 Å². The van der Waals surface area contributed by atoms with Crippen LogP contribution in [-0.4, -0.2) is 22.5 Å². The van der Waals surface area contributed by atoms with Gasteiger partial charge in [-0.1, -0.05) is 37.1 Å². The summed E-state index contributed by atoms with van der Waals surface area (Å²) in [6.07, 6.45) is 4.20. The Hall–Kier alpha value is -1.97. The lowest BCUT2D eigenvalue weighted by atomic mass is 9.67. The Kier molecular flexibility index (Phi) is 7.09. The third-order valence-electron chi connectivity index (χ3n) is 4.41. The summed E-state index contributed by atoms with van der Waals surface area (Å²) in [7, 11) is 0. The highest BCUT2D eigenvalue weighted by atomic mass is 16.3. The number of aliphatic hydroxyl groups excluding tert-OH is 1. The first-order chi connectivity index (χ1) is 11.5. The average Bonchev–Trinajstić information content (AvgIpc) is 2.45. The molecule has 0 unspecified atom stereocenters. The molecule has 0 atom stereocenters. The molecule has 0 aromatic heterocycles. The van der Waals surface area contributed by atoms with Gasteiger partial charge in [0.05, 0.1) is 17.4 Å². The lowest BCUT2D eigenvalue weighted by Gasteiger charge is -2.34. The first-order valence-electron chi connectivity index (χ1n) is 8.81. The highest BCUT2D eigenvalue weighted by Gasteiger charge is 2.48. The van der Waals surface area contributed by atoms with E-state index in [1.807, 2.05) is 53.7 Å². The minimum atomic E-state index is -1.22. The number of allylic oxidation sites excluding steroid dienone is 6. The zero-order chi connectivity index (χ0) is 19.4. The summed E-state index contributed by atoms with van der Waals surface area (Å²) < 4.78 is 0. The van der Waals surface area contributed by atoms with E-state index in [1.54, 1.807) is 0 Å². The van der Waals surface area contributed by atoms with Crippen LogP contribution in [-0.2, 0) is 14.4 Å². The van der Waals surface area contributed by atoms with Gasteiger partial charge in [0, 0.05) is 6.42 Å². The fraction of sp³-hybridized carbons (Fsp3) is 0.571. The minimum absolute atomic E-state index is 0.0724. The first-order valence-corrected chi connectivity index (χ1v) is 8.81. The quantitative estimate of drug-likeness (QED) is 0.413. The van der Waals surface area contributed by atoms with Gasteiger partial charge in [0.15, 0.2) is 17.3 Å². The minimum Gasteiger partial charge on any atom is -0.510 e. The molecule has 0 saturated heterocycles. The van der Waals surface area contributed by atoms with Crippen molar-refractivity contribution in [3.63, 3.8) is 0 Å². The van der Waals surface area contributed by atoms with E-state index in [2.05, 4.69) is 0 Å². The van der Waals surface area contributed by atoms with Gasteiger partial charge in [0.1, 0.15) is 5.76 Å². The molecule has 4 nitrogen and oxygen atoms in total. The fourth-order valence-corrected chi connectivity index (χ4v) is 2.93. The lowest BCUT2D eigenvalue weighted by Crippen LogP contribution is -2.41. The molecule has 0 fully saturated rings. The molecule has 1 N–H and O–H groups in total. The molecule has 0 radical (unpaired) electrons. The third-order valence-corrected chi connectivity index (χ3v) is 4.41. The Balaban J connectivity index is 3.53. The predicted octanol–water partition coefficient (Wildman–Crippen LogP) is 4.65. The number of hydrogen-bond donors (Lipinski definition) is 1. The van der Waals surface area contributed by atoms with E-state index >= 15 is 0 Å². The molecule has 0 aromatic rings. The molecule has 0 saturated carbocycles. The summed E-state index contributed by atoms with van der Waals surface area (Å²) in [4.78, 5) is 37.6. The van der Waals surface area contributed by atoms with E-state index < -0.39 is 11.2 Å². The van der Waals surface area contributed by atoms with Crippen LogP contribution in [0.4, 0.5) is 0 Å². The van der Waals surface area contributed by atoms with Gasteiger partial charge < -0.3 is 5.11 Å². The summed E-state index contributed by atoms with van der Waals surface area (Å²) in [5.41, 5.74) is 0.649. The Morgan fingerprint density at radius 2 is 1.56 bits per heavy atom. The SMILES string of the molecule is CC(C)=CCC1(CC=C(C)C)C(=O)CC(=O)C(C(=O)CC(C)C)=C1O. The van der Waals surface area contributed by atoms with Crippen molar-refractivity contribution in [2.24, 2.45) is 11.3 Å². The molecule has 1 aliphatic rings. The van der Waals surface area contributed by atoms with E-state index in [0.717, 1.165) is 11.1 Å². The highest BCUT2D eigenvalue weighted by Crippen LogP contribution is 2.43. The summed E-state index contributed by atoms with van der Waals surface area (Å²) in [6, 6.07) is 0. The van der Waals surface area contributed by atoms with Gasteiger partial charge in [-0.05, 0) is 46.5 Å². The Bertz CT molecular complexity index is 631. The van der Waals surface area contributed by atoms with Crippen LogP contribution < -0.4 is 0 Å². The van der Waals surface area contributed by atoms with Gasteiger partial charge in [-0.2, -0.15) is 0 Å². The van der Waals surface area contributed by atoms with Crippen LogP contribution in [0.3, 0.4) is 0 Å². The van der Waals surface area contributed by atoms with Gasteiger partial charge in [-0.15, -0.1) is 0 Å². The zero-order valence-corrected chi connectivity index (χ0v) is 16.2. The van der Waals surface area contributed by atoms with Crippen molar-refractivity contribution in [2.45, 2.75) is 67.2 Å². The number of aliphatic hydroxyl groups is 1. The maximum atomic E-state index is 12.8. The number of Topliss-reactive ketones (excluding diaryl/α,β-unsaturated/α-hetero) is 3. The van der Waals surface area contributed by atoms with Crippen molar-refractivity contribution in [3.05, 3.63) is 34.6 Å². The second-order valence-corrected chi connectivity index (χ2v) is 7.82. The van der Waals surface area contributed by atoms with Crippen LogP contribution in [0.1, 0.15) is 67.2 Å². The molecule has 1 rings (SSSR count). The van der Waals surface area contributed by atoms with E-state index in [0.29, 0.717) is 0 Å². The summed E-state index contributed by atoms with van der Waals surface area (Å²) >= 11 is 0. The van der Waals surface area contributed by atoms with Gasteiger partial charge in [-0.25, -0.2) is 0 Å². The number of rotatable bonds is 7. The Morgan fingerprint density at radius 1 is 1.08 bits per heavy atom. The smallest absolute Gasteiger partial charge is 0.177 e. The number of carbonyl (C=O) groups is 3. The first kappa shape index (κ1) is 21.1. The maximum absolute atomic E-state index is 12.8. The molecule has 0 aliphatic heterocycles. The van der Waals surface area contributed by atoms with Crippen LogP contribution in [0.2, 0.25) is 0 Å². The number of carbonyl (C=O) groups excluding carboxylic acids is 3. The molecular formula is C21H30O4. The molecular weight excluding hydrogens is 316 g/mol. The van der Waals surface area contributed by atoms with Crippen molar-refractivity contribution >= 4 is 17.3 Å². The van der Waals surface area contributed by atoms with Crippen LogP contribution in [0.15, 0.2) is 34.6 Å². The van der Waals surface area contributed by atoms with Crippen molar-refractivity contribution in [2.75, 3.05) is 0 Å². The van der Waals surface area contributed by atoms with Crippen LogP contribution in [0.5, 0.6) is 0 Å². The molecule has 25 heavy (non-hydrogen) atoms. The monoisotopic (exact) mass is 346 g/mol. The van der Waals surface area contributed by atoms with Gasteiger partial charge >= 0.3 is 0 Å².